The van der Waals surface area contributed by atoms with Gasteiger partial charge in [-0.05, 0) is 37.0 Å². The summed E-state index contributed by atoms with van der Waals surface area (Å²) in [7, 11) is -2.36. The van der Waals surface area contributed by atoms with Gasteiger partial charge in [0, 0.05) is 25.9 Å². The third-order valence-corrected chi connectivity index (χ3v) is 6.58. The quantitative estimate of drug-likeness (QED) is 0.758. The van der Waals surface area contributed by atoms with Crippen LogP contribution < -0.4 is 9.64 Å². The molecule has 7 nitrogen and oxygen atoms in total. The molecular formula is C17H22N2O5S. The van der Waals surface area contributed by atoms with Crippen LogP contribution in [0.3, 0.4) is 0 Å². The van der Waals surface area contributed by atoms with Crippen molar-refractivity contribution in [2.45, 2.75) is 37.5 Å². The van der Waals surface area contributed by atoms with Crippen molar-refractivity contribution >= 4 is 27.5 Å². The Balaban J connectivity index is 2.03. The van der Waals surface area contributed by atoms with E-state index in [1.165, 1.54) is 29.6 Å². The Morgan fingerprint density at radius 3 is 2.44 bits per heavy atom. The molecule has 2 heterocycles. The Hall–Kier alpha value is -1.93. The number of piperidine rings is 1. The molecule has 2 fully saturated rings. The molecule has 2 saturated heterocycles. The van der Waals surface area contributed by atoms with E-state index in [1.807, 2.05) is 6.92 Å². The average Bonchev–Trinajstić information content (AvgIpc) is 2.93. The number of nitrogens with zero attached hydrogens (tertiary/aromatic N) is 2. The maximum Gasteiger partial charge on any atom is 0.246 e. The van der Waals surface area contributed by atoms with E-state index in [4.69, 9.17) is 4.74 Å². The minimum Gasteiger partial charge on any atom is -0.495 e. The highest BCUT2D eigenvalue weighted by Crippen LogP contribution is 2.34. The molecule has 0 bridgehead atoms. The second kappa shape index (κ2) is 6.76. The zero-order valence-corrected chi connectivity index (χ0v) is 15.2. The fourth-order valence-electron chi connectivity index (χ4n) is 3.37. The fourth-order valence-corrected chi connectivity index (χ4v) is 5.15. The predicted molar refractivity (Wildman–Crippen MR) is 91.9 cm³/mol. The first kappa shape index (κ1) is 17.9. The van der Waals surface area contributed by atoms with Crippen molar-refractivity contribution in [2.24, 2.45) is 5.92 Å². The molecule has 8 heteroatoms. The lowest BCUT2D eigenvalue weighted by atomic mass is 10.0. The second-order valence-corrected chi connectivity index (χ2v) is 8.47. The number of benzene rings is 1. The first-order valence-corrected chi connectivity index (χ1v) is 9.82. The maximum atomic E-state index is 13.1. The Labute approximate surface area is 147 Å². The number of carbonyl (C=O) groups excluding carboxylic acids is 2. The predicted octanol–water partition coefficient (Wildman–Crippen LogP) is 1.77. The Morgan fingerprint density at radius 1 is 1.16 bits per heavy atom. The number of hydrogen-bond donors (Lipinski definition) is 0. The summed E-state index contributed by atoms with van der Waals surface area (Å²) in [5, 5.41) is 0. The second-order valence-electron chi connectivity index (χ2n) is 6.57. The van der Waals surface area contributed by atoms with Gasteiger partial charge in [-0.2, -0.15) is 4.31 Å². The molecule has 0 radical (unpaired) electrons. The molecule has 1 aromatic carbocycles. The minimum atomic E-state index is -3.77. The van der Waals surface area contributed by atoms with E-state index < -0.39 is 10.0 Å². The average molecular weight is 366 g/mol. The van der Waals surface area contributed by atoms with Crippen LogP contribution in [0.5, 0.6) is 5.75 Å². The van der Waals surface area contributed by atoms with Gasteiger partial charge in [-0.15, -0.1) is 0 Å². The Kier molecular flexibility index (Phi) is 4.83. The Bertz CT molecular complexity index is 789. The van der Waals surface area contributed by atoms with Gasteiger partial charge in [0.05, 0.1) is 12.8 Å². The van der Waals surface area contributed by atoms with Crippen LogP contribution in [-0.2, 0) is 19.6 Å². The Morgan fingerprint density at radius 2 is 1.84 bits per heavy atom. The van der Waals surface area contributed by atoms with Gasteiger partial charge in [-0.3, -0.25) is 14.5 Å². The van der Waals surface area contributed by atoms with Crippen LogP contribution in [0.4, 0.5) is 5.69 Å². The van der Waals surface area contributed by atoms with E-state index in [9.17, 15) is 18.0 Å². The molecule has 2 aliphatic rings. The van der Waals surface area contributed by atoms with E-state index in [0.717, 1.165) is 17.7 Å². The normalized spacial score (nSPS) is 22.5. The molecule has 0 saturated carbocycles. The van der Waals surface area contributed by atoms with Gasteiger partial charge in [-0.1, -0.05) is 6.92 Å². The van der Waals surface area contributed by atoms with Crippen LogP contribution >= 0.6 is 0 Å². The molecule has 0 N–H and O–H groups in total. The highest BCUT2D eigenvalue weighted by atomic mass is 32.2. The lowest BCUT2D eigenvalue weighted by molar-refractivity contribution is -0.121. The number of anilines is 1. The summed E-state index contributed by atoms with van der Waals surface area (Å²) in [6.07, 6.45) is 2.11. The summed E-state index contributed by atoms with van der Waals surface area (Å²) in [5.41, 5.74) is 0.275. The van der Waals surface area contributed by atoms with Crippen molar-refractivity contribution in [1.82, 2.24) is 4.31 Å². The van der Waals surface area contributed by atoms with Crippen LogP contribution in [0.15, 0.2) is 23.1 Å². The smallest absolute Gasteiger partial charge is 0.246 e. The molecule has 1 aromatic rings. The van der Waals surface area contributed by atoms with Gasteiger partial charge in [0.15, 0.2) is 0 Å². The number of hydrogen-bond acceptors (Lipinski definition) is 5. The maximum absolute atomic E-state index is 13.1. The van der Waals surface area contributed by atoms with Crippen molar-refractivity contribution in [2.75, 3.05) is 25.1 Å². The third kappa shape index (κ3) is 3.28. The van der Waals surface area contributed by atoms with Crippen LogP contribution in [-0.4, -0.2) is 44.7 Å². The number of amides is 2. The van der Waals surface area contributed by atoms with Crippen LogP contribution in [0.2, 0.25) is 0 Å². The fraction of sp³-hybridized carbons (Fsp3) is 0.529. The number of carbonyl (C=O) groups is 2. The number of ether oxygens (including phenoxy) is 1. The lowest BCUT2D eigenvalue weighted by Gasteiger charge is -2.30. The monoisotopic (exact) mass is 366 g/mol. The summed E-state index contributed by atoms with van der Waals surface area (Å²) in [6, 6.07) is 4.40. The molecule has 1 atom stereocenters. The molecule has 136 valence electrons. The van der Waals surface area contributed by atoms with E-state index in [2.05, 4.69) is 0 Å². The highest BCUT2D eigenvalue weighted by molar-refractivity contribution is 7.89. The van der Waals surface area contributed by atoms with Crippen molar-refractivity contribution in [1.29, 1.82) is 0 Å². The lowest BCUT2D eigenvalue weighted by Crippen LogP contribution is -2.39. The zero-order chi connectivity index (χ0) is 18.2. The molecule has 3 rings (SSSR count). The summed E-state index contributed by atoms with van der Waals surface area (Å²) in [5.74, 6) is -0.129. The molecule has 0 aromatic heterocycles. The van der Waals surface area contributed by atoms with Crippen molar-refractivity contribution in [3.8, 4) is 5.75 Å². The standard InChI is InChI=1S/C17H22N2O5S/c1-12-4-3-9-18(11-12)25(22,23)15-10-13(5-6-14(15)24-2)19-16(20)7-8-17(19)21/h5-6,10,12H,3-4,7-9,11H2,1-2H3. The highest BCUT2D eigenvalue weighted by Gasteiger charge is 2.34. The summed E-state index contributed by atoms with van der Waals surface area (Å²) < 4.78 is 32.9. The molecule has 0 aliphatic carbocycles. The van der Waals surface area contributed by atoms with E-state index >= 15 is 0 Å². The minimum absolute atomic E-state index is 0.00546. The zero-order valence-electron chi connectivity index (χ0n) is 14.4. The SMILES string of the molecule is COc1ccc(N2C(=O)CCC2=O)cc1S(=O)(=O)N1CCCC(C)C1. The van der Waals surface area contributed by atoms with Crippen LogP contribution in [0.1, 0.15) is 32.6 Å². The molecule has 1 unspecified atom stereocenters. The van der Waals surface area contributed by atoms with Gasteiger partial charge in [0.2, 0.25) is 21.8 Å². The largest absolute Gasteiger partial charge is 0.495 e. The van der Waals surface area contributed by atoms with Crippen molar-refractivity contribution in [3.05, 3.63) is 18.2 Å². The summed E-state index contributed by atoms with van der Waals surface area (Å²) in [4.78, 5) is 25.0. The molecular weight excluding hydrogens is 344 g/mol. The van der Waals surface area contributed by atoms with Gasteiger partial charge >= 0.3 is 0 Å². The number of methoxy groups -OCH3 is 1. The first-order chi connectivity index (χ1) is 11.8. The molecule has 2 amide bonds. The molecule has 2 aliphatic heterocycles. The molecule has 25 heavy (non-hydrogen) atoms. The van der Waals surface area contributed by atoms with E-state index in [1.54, 1.807) is 0 Å². The number of imide groups is 1. The topological polar surface area (TPSA) is 84.0 Å². The molecule has 0 spiro atoms. The van der Waals surface area contributed by atoms with Gasteiger partial charge in [0.1, 0.15) is 10.6 Å². The van der Waals surface area contributed by atoms with Crippen molar-refractivity contribution in [3.63, 3.8) is 0 Å². The summed E-state index contributed by atoms with van der Waals surface area (Å²) >= 11 is 0. The third-order valence-electron chi connectivity index (χ3n) is 4.69. The number of sulfonamides is 1. The van der Waals surface area contributed by atoms with Gasteiger partial charge in [0.25, 0.3) is 0 Å². The van der Waals surface area contributed by atoms with Crippen molar-refractivity contribution < 1.29 is 22.7 Å². The summed E-state index contributed by atoms with van der Waals surface area (Å²) in [6.45, 7) is 2.94. The first-order valence-electron chi connectivity index (χ1n) is 8.38. The number of rotatable bonds is 4. The van der Waals surface area contributed by atoms with Crippen LogP contribution in [0.25, 0.3) is 0 Å². The van der Waals surface area contributed by atoms with Gasteiger partial charge in [-0.25, -0.2) is 8.42 Å². The van der Waals surface area contributed by atoms with E-state index in [0.29, 0.717) is 19.0 Å². The van der Waals surface area contributed by atoms with Crippen LogP contribution in [0, 0.1) is 5.92 Å². The van der Waals surface area contributed by atoms with Gasteiger partial charge < -0.3 is 4.74 Å². The van der Waals surface area contributed by atoms with E-state index in [-0.39, 0.29) is 41.0 Å².